The standard InChI is InChI=1S/C14H15N3O4/c15-12(13(18)19)6-11-7-16-9-17(11)14(20)21-8-10-4-2-1-3-5-10/h1-5,7,9,12H,6,8,15H2,(H,18,19)/t12-/m0/s1. The zero-order valence-corrected chi connectivity index (χ0v) is 11.2. The Balaban J connectivity index is 2.00. The lowest BCUT2D eigenvalue weighted by Gasteiger charge is -2.10. The zero-order chi connectivity index (χ0) is 15.2. The third kappa shape index (κ3) is 3.90. The number of aliphatic carboxylic acids is 1. The molecule has 0 saturated heterocycles. The molecule has 1 aromatic carbocycles. The lowest BCUT2D eigenvalue weighted by molar-refractivity contribution is -0.138. The molecule has 0 aliphatic rings. The topological polar surface area (TPSA) is 107 Å². The second-order valence-electron chi connectivity index (χ2n) is 4.44. The summed E-state index contributed by atoms with van der Waals surface area (Å²) in [5, 5.41) is 8.79. The summed E-state index contributed by atoms with van der Waals surface area (Å²) in [5.74, 6) is -1.14. The second-order valence-corrected chi connectivity index (χ2v) is 4.44. The van der Waals surface area contributed by atoms with Gasteiger partial charge >= 0.3 is 12.1 Å². The van der Waals surface area contributed by atoms with Crippen LogP contribution in [0, 0.1) is 0 Å². The van der Waals surface area contributed by atoms with E-state index in [-0.39, 0.29) is 13.0 Å². The number of nitrogens with zero attached hydrogens (tertiary/aromatic N) is 2. The van der Waals surface area contributed by atoms with Crippen LogP contribution in [0.25, 0.3) is 0 Å². The van der Waals surface area contributed by atoms with E-state index < -0.39 is 18.1 Å². The number of aromatic nitrogens is 2. The second kappa shape index (κ2) is 6.67. The number of hydrogen-bond donors (Lipinski definition) is 2. The maximum atomic E-state index is 12.0. The predicted molar refractivity (Wildman–Crippen MR) is 73.6 cm³/mol. The minimum Gasteiger partial charge on any atom is -0.480 e. The molecule has 2 aromatic rings. The number of carbonyl (C=O) groups excluding carboxylic acids is 1. The molecule has 7 nitrogen and oxygen atoms in total. The highest BCUT2D eigenvalue weighted by Gasteiger charge is 2.18. The summed E-state index contributed by atoms with van der Waals surface area (Å²) in [6, 6.07) is 8.13. The van der Waals surface area contributed by atoms with Crippen LogP contribution in [0.4, 0.5) is 4.79 Å². The number of carbonyl (C=O) groups is 2. The molecule has 3 N–H and O–H groups in total. The van der Waals surface area contributed by atoms with E-state index >= 15 is 0 Å². The van der Waals surface area contributed by atoms with Crippen LogP contribution in [-0.4, -0.2) is 32.8 Å². The summed E-state index contributed by atoms with van der Waals surface area (Å²) in [6.07, 6.45) is 2.04. The van der Waals surface area contributed by atoms with Crippen LogP contribution < -0.4 is 5.73 Å². The third-order valence-corrected chi connectivity index (χ3v) is 2.86. The van der Waals surface area contributed by atoms with Gasteiger partial charge in [-0.2, -0.15) is 0 Å². The van der Waals surface area contributed by atoms with E-state index in [9.17, 15) is 9.59 Å². The van der Waals surface area contributed by atoms with Crippen LogP contribution in [0.5, 0.6) is 0 Å². The Morgan fingerprint density at radius 3 is 2.71 bits per heavy atom. The molecule has 110 valence electrons. The number of benzene rings is 1. The first-order chi connectivity index (χ1) is 10.1. The molecule has 0 unspecified atom stereocenters. The molecule has 7 heteroatoms. The van der Waals surface area contributed by atoms with Gasteiger partial charge in [0.1, 0.15) is 19.0 Å². The Kier molecular flexibility index (Phi) is 4.68. The normalized spacial score (nSPS) is 11.9. The molecule has 0 aliphatic carbocycles. The molecular weight excluding hydrogens is 274 g/mol. The Labute approximate surface area is 121 Å². The molecule has 0 radical (unpaired) electrons. The van der Waals surface area contributed by atoms with Crippen LogP contribution in [0.1, 0.15) is 11.3 Å². The Morgan fingerprint density at radius 1 is 1.33 bits per heavy atom. The number of carboxylic acids is 1. The molecule has 0 spiro atoms. The fraction of sp³-hybridized carbons (Fsp3) is 0.214. The van der Waals surface area contributed by atoms with Crippen LogP contribution in [0.15, 0.2) is 42.9 Å². The van der Waals surface area contributed by atoms with Crippen molar-refractivity contribution in [1.82, 2.24) is 9.55 Å². The molecule has 21 heavy (non-hydrogen) atoms. The number of carboxylic acid groups (broad SMARTS) is 1. The van der Waals surface area contributed by atoms with Gasteiger partial charge in [-0.15, -0.1) is 0 Å². The van der Waals surface area contributed by atoms with Gasteiger partial charge in [-0.25, -0.2) is 14.3 Å². The fourth-order valence-electron chi connectivity index (χ4n) is 1.74. The van der Waals surface area contributed by atoms with E-state index in [4.69, 9.17) is 15.6 Å². The van der Waals surface area contributed by atoms with Gasteiger partial charge in [0.25, 0.3) is 0 Å². The van der Waals surface area contributed by atoms with E-state index in [1.807, 2.05) is 30.3 Å². The minimum atomic E-state index is -1.14. The van der Waals surface area contributed by atoms with Gasteiger partial charge in [-0.05, 0) is 5.56 Å². The highest BCUT2D eigenvalue weighted by atomic mass is 16.5. The number of ether oxygens (including phenoxy) is 1. The van der Waals surface area contributed by atoms with Crippen LogP contribution in [0.2, 0.25) is 0 Å². The molecule has 1 heterocycles. The highest BCUT2D eigenvalue weighted by molar-refractivity contribution is 5.74. The zero-order valence-electron chi connectivity index (χ0n) is 11.2. The van der Waals surface area contributed by atoms with Gasteiger partial charge in [0, 0.05) is 12.6 Å². The van der Waals surface area contributed by atoms with Gasteiger partial charge in [-0.1, -0.05) is 30.3 Å². The predicted octanol–water partition coefficient (Wildman–Crippen LogP) is 1.02. The molecule has 0 aliphatic heterocycles. The quantitative estimate of drug-likeness (QED) is 0.851. The van der Waals surface area contributed by atoms with E-state index in [0.29, 0.717) is 5.69 Å². The Morgan fingerprint density at radius 2 is 2.05 bits per heavy atom. The molecule has 0 bridgehead atoms. The van der Waals surface area contributed by atoms with E-state index in [1.165, 1.54) is 12.5 Å². The number of hydrogen-bond acceptors (Lipinski definition) is 5. The highest BCUT2D eigenvalue weighted by Crippen LogP contribution is 2.06. The summed E-state index contributed by atoms with van der Waals surface area (Å²) in [7, 11) is 0. The van der Waals surface area contributed by atoms with Gasteiger partial charge in [-0.3, -0.25) is 4.79 Å². The SMILES string of the molecule is N[C@@H](Cc1cncn1C(=O)OCc1ccccc1)C(=O)O. The van der Waals surface area contributed by atoms with Gasteiger partial charge in [0.05, 0.1) is 5.69 Å². The van der Waals surface area contributed by atoms with Crippen molar-refractivity contribution in [3.63, 3.8) is 0 Å². The average molecular weight is 289 g/mol. The van der Waals surface area contributed by atoms with Crippen molar-refractivity contribution < 1.29 is 19.4 Å². The lowest BCUT2D eigenvalue weighted by atomic mass is 10.2. The fourth-order valence-corrected chi connectivity index (χ4v) is 1.74. The first kappa shape index (κ1) is 14.7. The average Bonchev–Trinajstić information content (AvgIpc) is 2.94. The molecule has 0 fully saturated rings. The summed E-state index contributed by atoms with van der Waals surface area (Å²) in [4.78, 5) is 26.5. The Hall–Kier alpha value is -2.67. The monoisotopic (exact) mass is 289 g/mol. The number of imidazole rings is 1. The van der Waals surface area contributed by atoms with Crippen molar-refractivity contribution in [2.24, 2.45) is 5.73 Å². The van der Waals surface area contributed by atoms with Crippen molar-refractivity contribution in [2.45, 2.75) is 19.1 Å². The smallest absolute Gasteiger partial charge is 0.419 e. The molecule has 1 aromatic heterocycles. The van der Waals surface area contributed by atoms with E-state index in [1.54, 1.807) is 0 Å². The van der Waals surface area contributed by atoms with Gasteiger partial charge < -0.3 is 15.6 Å². The van der Waals surface area contributed by atoms with Gasteiger partial charge in [0.15, 0.2) is 0 Å². The van der Waals surface area contributed by atoms with Crippen molar-refractivity contribution in [2.75, 3.05) is 0 Å². The van der Waals surface area contributed by atoms with Crippen molar-refractivity contribution >= 4 is 12.1 Å². The van der Waals surface area contributed by atoms with E-state index in [0.717, 1.165) is 10.1 Å². The molecule has 2 rings (SSSR count). The summed E-state index contributed by atoms with van der Waals surface area (Å²) in [6.45, 7) is 0.127. The molecule has 0 saturated carbocycles. The number of nitrogens with two attached hydrogens (primary N) is 1. The third-order valence-electron chi connectivity index (χ3n) is 2.86. The summed E-state index contributed by atoms with van der Waals surface area (Å²) >= 11 is 0. The molecule has 1 atom stereocenters. The van der Waals surface area contributed by atoms with Crippen molar-refractivity contribution in [3.8, 4) is 0 Å². The summed E-state index contributed by atoms with van der Waals surface area (Å²) < 4.78 is 6.31. The van der Waals surface area contributed by atoms with Gasteiger partial charge in [0.2, 0.25) is 0 Å². The lowest BCUT2D eigenvalue weighted by Crippen LogP contribution is -2.33. The first-order valence-electron chi connectivity index (χ1n) is 6.28. The summed E-state index contributed by atoms with van der Waals surface area (Å²) in [5.41, 5.74) is 6.70. The van der Waals surface area contributed by atoms with Crippen LogP contribution >= 0.6 is 0 Å². The van der Waals surface area contributed by atoms with Crippen LogP contribution in [0.3, 0.4) is 0 Å². The van der Waals surface area contributed by atoms with Crippen LogP contribution in [-0.2, 0) is 22.6 Å². The van der Waals surface area contributed by atoms with Crippen molar-refractivity contribution in [3.05, 3.63) is 54.1 Å². The van der Waals surface area contributed by atoms with E-state index in [2.05, 4.69) is 4.98 Å². The maximum absolute atomic E-state index is 12.0. The first-order valence-corrected chi connectivity index (χ1v) is 6.28. The largest absolute Gasteiger partial charge is 0.480 e. The minimum absolute atomic E-state index is 0.00420. The molecular formula is C14H15N3O4. The Bertz CT molecular complexity index is 624. The number of rotatable bonds is 5. The maximum Gasteiger partial charge on any atom is 0.419 e. The van der Waals surface area contributed by atoms with Crippen molar-refractivity contribution in [1.29, 1.82) is 0 Å². The molecule has 0 amide bonds.